The van der Waals surface area contributed by atoms with E-state index in [-0.39, 0.29) is 35.0 Å². The predicted molar refractivity (Wildman–Crippen MR) is 91.4 cm³/mol. The number of hydrogen-bond acceptors (Lipinski definition) is 4. The van der Waals surface area contributed by atoms with Gasteiger partial charge in [-0.3, -0.25) is 9.59 Å². The number of urea groups is 1. The van der Waals surface area contributed by atoms with Crippen molar-refractivity contribution < 1.29 is 14.4 Å². The lowest BCUT2D eigenvalue weighted by atomic mass is 10.2. The van der Waals surface area contributed by atoms with E-state index in [4.69, 9.17) is 0 Å². The highest BCUT2D eigenvalue weighted by Crippen LogP contribution is 2.19. The van der Waals surface area contributed by atoms with Crippen molar-refractivity contribution in [3.05, 3.63) is 24.3 Å². The second kappa shape index (κ2) is 7.87. The van der Waals surface area contributed by atoms with Crippen LogP contribution in [0.1, 0.15) is 20.3 Å². The highest BCUT2D eigenvalue weighted by Gasteiger charge is 2.23. The molecule has 0 saturated carbocycles. The number of nitrogens with one attached hydrogen (secondary N) is 4. The Balaban J connectivity index is 1.82. The van der Waals surface area contributed by atoms with Crippen molar-refractivity contribution in [2.75, 3.05) is 16.4 Å². The lowest BCUT2D eigenvalue weighted by Gasteiger charge is -2.28. The fourth-order valence-corrected chi connectivity index (χ4v) is 3.25. The minimum absolute atomic E-state index is 0.0739. The second-order valence-corrected chi connectivity index (χ2v) is 6.56. The smallest absolute Gasteiger partial charge is 0.315 e. The zero-order chi connectivity index (χ0) is 16.8. The Morgan fingerprint density at radius 2 is 1.96 bits per heavy atom. The first kappa shape index (κ1) is 17.1. The molecule has 1 aromatic rings. The van der Waals surface area contributed by atoms with Crippen LogP contribution < -0.4 is 21.3 Å². The molecule has 4 N–H and O–H groups in total. The van der Waals surface area contributed by atoms with Crippen LogP contribution >= 0.6 is 11.8 Å². The average molecular weight is 336 g/mol. The first-order valence-electron chi connectivity index (χ1n) is 7.28. The Hall–Kier alpha value is -2.22. The summed E-state index contributed by atoms with van der Waals surface area (Å²) in [5.74, 6) is -0.0858. The maximum absolute atomic E-state index is 12.0. The van der Waals surface area contributed by atoms with Crippen LogP contribution in [0.15, 0.2) is 24.3 Å². The number of thioether (sulfide) groups is 1. The summed E-state index contributed by atoms with van der Waals surface area (Å²) in [4.78, 5) is 34.4. The van der Waals surface area contributed by atoms with Gasteiger partial charge in [-0.05, 0) is 31.5 Å². The first-order valence-corrected chi connectivity index (χ1v) is 8.33. The summed E-state index contributed by atoms with van der Waals surface area (Å²) in [5, 5.41) is 10.9. The molecule has 23 heavy (non-hydrogen) atoms. The zero-order valence-corrected chi connectivity index (χ0v) is 13.8. The van der Waals surface area contributed by atoms with E-state index in [0.717, 1.165) is 6.42 Å². The standard InChI is InChI=1S/C15H20N4O3S/c1-9-6-14(19-15(22)16-9)23-8-13(21)18-12-5-3-4-11(7-12)17-10(2)20/h3-5,7,9,14H,6,8H2,1-2H3,(H,17,20)(H,18,21)(H2,16,19,22). The van der Waals surface area contributed by atoms with Crippen LogP contribution in [-0.4, -0.2) is 35.0 Å². The van der Waals surface area contributed by atoms with Gasteiger partial charge in [-0.2, -0.15) is 0 Å². The first-order chi connectivity index (χ1) is 10.9. The summed E-state index contributed by atoms with van der Waals surface area (Å²) in [6, 6.07) is 6.84. The van der Waals surface area contributed by atoms with Crippen LogP contribution in [0.4, 0.5) is 16.2 Å². The zero-order valence-electron chi connectivity index (χ0n) is 13.0. The van der Waals surface area contributed by atoms with Crippen LogP contribution in [-0.2, 0) is 9.59 Å². The number of amides is 4. The number of hydrogen-bond donors (Lipinski definition) is 4. The monoisotopic (exact) mass is 336 g/mol. The Morgan fingerprint density at radius 1 is 1.26 bits per heavy atom. The third-order valence-corrected chi connectivity index (χ3v) is 4.26. The fourth-order valence-electron chi connectivity index (χ4n) is 2.21. The van der Waals surface area contributed by atoms with Crippen molar-refractivity contribution in [3.63, 3.8) is 0 Å². The average Bonchev–Trinajstić information content (AvgIpc) is 2.44. The number of benzene rings is 1. The van der Waals surface area contributed by atoms with Crippen molar-refractivity contribution in [3.8, 4) is 0 Å². The molecule has 0 bridgehead atoms. The van der Waals surface area contributed by atoms with Gasteiger partial charge in [0.2, 0.25) is 11.8 Å². The third-order valence-electron chi connectivity index (χ3n) is 3.12. The summed E-state index contributed by atoms with van der Waals surface area (Å²) < 4.78 is 0. The minimum atomic E-state index is -0.204. The van der Waals surface area contributed by atoms with E-state index >= 15 is 0 Å². The van der Waals surface area contributed by atoms with Crippen molar-refractivity contribution in [1.29, 1.82) is 0 Å². The lowest BCUT2D eigenvalue weighted by molar-refractivity contribution is -0.114. The van der Waals surface area contributed by atoms with E-state index in [2.05, 4.69) is 21.3 Å². The van der Waals surface area contributed by atoms with Crippen molar-refractivity contribution in [1.82, 2.24) is 10.6 Å². The summed E-state index contributed by atoms with van der Waals surface area (Å²) in [7, 11) is 0. The van der Waals surface area contributed by atoms with Crippen molar-refractivity contribution in [2.24, 2.45) is 0 Å². The van der Waals surface area contributed by atoms with Crippen molar-refractivity contribution >= 4 is 41.0 Å². The molecular weight excluding hydrogens is 316 g/mol. The molecule has 1 aliphatic heterocycles. The molecule has 0 aliphatic carbocycles. The molecule has 2 unspecified atom stereocenters. The summed E-state index contributed by atoms with van der Waals surface area (Å²) >= 11 is 1.39. The molecule has 1 aliphatic rings. The summed E-state index contributed by atoms with van der Waals surface area (Å²) in [5.41, 5.74) is 1.24. The Bertz CT molecular complexity index is 608. The van der Waals surface area contributed by atoms with Crippen LogP contribution in [0, 0.1) is 0 Å². The molecule has 1 fully saturated rings. The molecule has 0 aromatic heterocycles. The molecule has 2 atom stereocenters. The fraction of sp³-hybridized carbons (Fsp3) is 0.400. The van der Waals surface area contributed by atoms with Gasteiger partial charge in [0.05, 0.1) is 11.1 Å². The number of carbonyl (C=O) groups is 3. The van der Waals surface area contributed by atoms with Gasteiger partial charge in [-0.1, -0.05) is 6.07 Å². The van der Waals surface area contributed by atoms with Crippen LogP contribution in [0.3, 0.4) is 0 Å². The minimum Gasteiger partial charge on any atom is -0.336 e. The van der Waals surface area contributed by atoms with Gasteiger partial charge < -0.3 is 21.3 Å². The van der Waals surface area contributed by atoms with E-state index in [1.807, 2.05) is 6.92 Å². The van der Waals surface area contributed by atoms with E-state index in [1.54, 1.807) is 24.3 Å². The predicted octanol–water partition coefficient (Wildman–Crippen LogP) is 1.73. The Kier molecular flexibility index (Phi) is 5.86. The number of rotatable bonds is 5. The van der Waals surface area contributed by atoms with Crippen LogP contribution in [0.2, 0.25) is 0 Å². The normalized spacial score (nSPS) is 20.2. The highest BCUT2D eigenvalue weighted by molar-refractivity contribution is 8.00. The van der Waals surface area contributed by atoms with E-state index in [1.165, 1.54) is 18.7 Å². The van der Waals surface area contributed by atoms with Gasteiger partial charge >= 0.3 is 6.03 Å². The molecular formula is C15H20N4O3S. The van der Waals surface area contributed by atoms with Gasteiger partial charge in [0, 0.05) is 24.3 Å². The molecule has 2 rings (SSSR count). The maximum atomic E-state index is 12.0. The van der Waals surface area contributed by atoms with E-state index in [0.29, 0.717) is 11.4 Å². The van der Waals surface area contributed by atoms with E-state index < -0.39 is 0 Å². The molecule has 1 aromatic carbocycles. The Labute approximate surface area is 139 Å². The highest BCUT2D eigenvalue weighted by atomic mass is 32.2. The van der Waals surface area contributed by atoms with Gasteiger partial charge in [0.25, 0.3) is 0 Å². The van der Waals surface area contributed by atoms with Gasteiger partial charge in [0.1, 0.15) is 0 Å². The maximum Gasteiger partial charge on any atom is 0.315 e. The van der Waals surface area contributed by atoms with Gasteiger partial charge in [-0.15, -0.1) is 11.8 Å². The molecule has 1 heterocycles. The molecule has 0 radical (unpaired) electrons. The molecule has 124 valence electrons. The summed E-state index contributed by atoms with van der Waals surface area (Å²) in [6.45, 7) is 3.36. The summed E-state index contributed by atoms with van der Waals surface area (Å²) in [6.07, 6.45) is 0.766. The van der Waals surface area contributed by atoms with Gasteiger partial charge in [-0.25, -0.2) is 4.79 Å². The number of anilines is 2. The second-order valence-electron chi connectivity index (χ2n) is 5.36. The quantitative estimate of drug-likeness (QED) is 0.658. The molecule has 1 saturated heterocycles. The van der Waals surface area contributed by atoms with Crippen LogP contribution in [0.25, 0.3) is 0 Å². The lowest BCUT2D eigenvalue weighted by Crippen LogP contribution is -2.52. The van der Waals surface area contributed by atoms with Crippen LogP contribution in [0.5, 0.6) is 0 Å². The molecule has 4 amide bonds. The SMILES string of the molecule is CC(=O)Nc1cccc(NC(=O)CSC2CC(C)NC(=O)N2)c1. The van der Waals surface area contributed by atoms with Gasteiger partial charge in [0.15, 0.2) is 0 Å². The number of carbonyl (C=O) groups excluding carboxylic acids is 3. The largest absolute Gasteiger partial charge is 0.336 e. The molecule has 7 nitrogen and oxygen atoms in total. The molecule has 0 spiro atoms. The van der Waals surface area contributed by atoms with Crippen molar-refractivity contribution in [2.45, 2.75) is 31.7 Å². The third kappa shape index (κ3) is 5.82. The topological polar surface area (TPSA) is 99.3 Å². The Morgan fingerprint density at radius 3 is 2.61 bits per heavy atom. The van der Waals surface area contributed by atoms with E-state index in [9.17, 15) is 14.4 Å². The molecule has 8 heteroatoms.